The molecule has 0 spiro atoms. The first-order chi connectivity index (χ1) is 10.4. The molecular formula is C13H28IN5O3S. The number of nitrogens with one attached hydrogen (secondary N) is 3. The molecule has 0 bridgehead atoms. The summed E-state index contributed by atoms with van der Waals surface area (Å²) < 4.78 is 24.4. The maximum atomic E-state index is 11.4. The topological polar surface area (TPSA) is 103 Å². The molecule has 1 aliphatic heterocycles. The molecular weight excluding hydrogens is 433 g/mol. The lowest BCUT2D eigenvalue weighted by atomic mass is 9.93. The van der Waals surface area contributed by atoms with Crippen molar-refractivity contribution in [3.05, 3.63) is 0 Å². The number of halogens is 1. The zero-order valence-electron chi connectivity index (χ0n) is 14.0. The molecule has 8 nitrogen and oxygen atoms in total. The van der Waals surface area contributed by atoms with Gasteiger partial charge in [0.1, 0.15) is 0 Å². The van der Waals surface area contributed by atoms with E-state index in [1.54, 1.807) is 14.1 Å². The third-order valence-electron chi connectivity index (χ3n) is 3.65. The van der Waals surface area contributed by atoms with Crippen LogP contribution in [-0.4, -0.2) is 71.7 Å². The first kappa shape index (κ1) is 22.4. The molecule has 0 atom stereocenters. The Labute approximate surface area is 155 Å². The fraction of sp³-hybridized carbons (Fsp3) is 0.846. The van der Waals surface area contributed by atoms with Gasteiger partial charge in [-0.1, -0.05) is 0 Å². The van der Waals surface area contributed by atoms with Gasteiger partial charge in [0, 0.05) is 46.7 Å². The van der Waals surface area contributed by atoms with Gasteiger partial charge in [-0.2, -0.15) is 0 Å². The van der Waals surface area contributed by atoms with Gasteiger partial charge in [-0.25, -0.2) is 13.1 Å². The van der Waals surface area contributed by atoms with Crippen LogP contribution >= 0.6 is 24.0 Å². The van der Waals surface area contributed by atoms with E-state index in [1.165, 1.54) is 0 Å². The number of hydrogen-bond acceptors (Lipinski definition) is 4. The maximum Gasteiger partial charge on any atom is 0.220 e. The molecule has 0 aromatic rings. The first-order valence-corrected chi connectivity index (χ1v) is 9.35. The number of rotatable bonds is 6. The second-order valence-corrected chi connectivity index (χ2v) is 7.28. The summed E-state index contributed by atoms with van der Waals surface area (Å²) in [4.78, 5) is 17.8. The molecule has 0 aromatic heterocycles. The van der Waals surface area contributed by atoms with E-state index in [0.717, 1.165) is 38.1 Å². The molecule has 0 saturated carbocycles. The Bertz CT molecular complexity index is 490. The highest BCUT2D eigenvalue weighted by atomic mass is 127. The van der Waals surface area contributed by atoms with Crippen molar-refractivity contribution >= 4 is 45.9 Å². The predicted molar refractivity (Wildman–Crippen MR) is 103 cm³/mol. The molecule has 0 unspecified atom stereocenters. The number of nitrogens with zero attached hydrogens (tertiary/aromatic N) is 2. The lowest BCUT2D eigenvalue weighted by Gasteiger charge is -2.34. The number of piperidine rings is 1. The summed E-state index contributed by atoms with van der Waals surface area (Å²) in [5, 5.41) is 5.81. The van der Waals surface area contributed by atoms with Crippen LogP contribution in [0.25, 0.3) is 0 Å². The molecule has 136 valence electrons. The molecule has 1 fully saturated rings. The number of carbonyl (C=O) groups excluding carboxylic acids is 1. The second-order valence-electron chi connectivity index (χ2n) is 5.45. The van der Waals surface area contributed by atoms with E-state index < -0.39 is 10.0 Å². The van der Waals surface area contributed by atoms with Crippen LogP contribution in [0, 0.1) is 5.92 Å². The molecule has 1 saturated heterocycles. The Morgan fingerprint density at radius 3 is 2.35 bits per heavy atom. The van der Waals surface area contributed by atoms with Gasteiger partial charge in [0.2, 0.25) is 15.9 Å². The van der Waals surface area contributed by atoms with Crippen molar-refractivity contribution < 1.29 is 13.2 Å². The van der Waals surface area contributed by atoms with E-state index in [9.17, 15) is 13.2 Å². The van der Waals surface area contributed by atoms with E-state index in [-0.39, 0.29) is 29.9 Å². The van der Waals surface area contributed by atoms with Crippen LogP contribution < -0.4 is 15.4 Å². The highest BCUT2D eigenvalue weighted by molar-refractivity contribution is 14.0. The normalized spacial score (nSPS) is 16.7. The van der Waals surface area contributed by atoms with Crippen LogP contribution in [-0.2, 0) is 14.8 Å². The molecule has 1 rings (SSSR count). The van der Waals surface area contributed by atoms with E-state index in [1.807, 2.05) is 0 Å². The average molecular weight is 461 g/mol. The Morgan fingerprint density at radius 1 is 1.26 bits per heavy atom. The van der Waals surface area contributed by atoms with Gasteiger partial charge in [-0.05, 0) is 18.8 Å². The SMILES string of the molecule is CN=C(NCCNS(C)(=O)=O)N1CCC(CC(=O)NC)CC1.I. The smallest absolute Gasteiger partial charge is 0.220 e. The van der Waals surface area contributed by atoms with Gasteiger partial charge in [0.05, 0.1) is 6.26 Å². The van der Waals surface area contributed by atoms with Gasteiger partial charge in [0.25, 0.3) is 0 Å². The molecule has 1 heterocycles. The summed E-state index contributed by atoms with van der Waals surface area (Å²) in [7, 11) is 0.215. The number of amides is 1. The molecule has 1 amide bonds. The first-order valence-electron chi connectivity index (χ1n) is 7.46. The summed E-state index contributed by atoms with van der Waals surface area (Å²) >= 11 is 0. The number of aliphatic imine (C=N–C) groups is 1. The Hall–Kier alpha value is -0.620. The van der Waals surface area contributed by atoms with Crippen molar-refractivity contribution in [1.82, 2.24) is 20.3 Å². The molecule has 10 heteroatoms. The summed E-state index contributed by atoms with van der Waals surface area (Å²) in [6.45, 7) is 2.50. The Balaban J connectivity index is 0.00000484. The monoisotopic (exact) mass is 461 g/mol. The van der Waals surface area contributed by atoms with Crippen molar-refractivity contribution in [3.63, 3.8) is 0 Å². The van der Waals surface area contributed by atoms with Gasteiger partial charge >= 0.3 is 0 Å². The summed E-state index contributed by atoms with van der Waals surface area (Å²) in [6, 6.07) is 0. The van der Waals surface area contributed by atoms with Crippen LogP contribution in [0.5, 0.6) is 0 Å². The standard InChI is InChI=1S/C13H27N5O3S.HI/c1-14-12(19)10-11-4-8-18(9-5-11)13(15-2)16-6-7-17-22(3,20)21;/h11,17H,4-10H2,1-3H3,(H,14,19)(H,15,16);1H. The minimum absolute atomic E-state index is 0. The zero-order valence-corrected chi connectivity index (χ0v) is 17.1. The van der Waals surface area contributed by atoms with Crippen molar-refractivity contribution in [2.24, 2.45) is 10.9 Å². The van der Waals surface area contributed by atoms with Crippen molar-refractivity contribution in [2.45, 2.75) is 19.3 Å². The van der Waals surface area contributed by atoms with Crippen molar-refractivity contribution in [3.8, 4) is 0 Å². The van der Waals surface area contributed by atoms with Crippen molar-refractivity contribution in [1.29, 1.82) is 0 Å². The molecule has 0 aromatic carbocycles. The maximum absolute atomic E-state index is 11.4. The average Bonchev–Trinajstić information content (AvgIpc) is 2.47. The quantitative estimate of drug-likeness (QED) is 0.216. The molecule has 3 N–H and O–H groups in total. The highest BCUT2D eigenvalue weighted by Gasteiger charge is 2.22. The summed E-state index contributed by atoms with van der Waals surface area (Å²) in [5.74, 6) is 1.28. The van der Waals surface area contributed by atoms with E-state index in [2.05, 4.69) is 25.2 Å². The minimum Gasteiger partial charge on any atom is -0.359 e. The number of likely N-dealkylation sites (tertiary alicyclic amines) is 1. The fourth-order valence-corrected chi connectivity index (χ4v) is 2.93. The lowest BCUT2D eigenvalue weighted by molar-refractivity contribution is -0.121. The van der Waals surface area contributed by atoms with Crippen LogP contribution in [0.1, 0.15) is 19.3 Å². The van der Waals surface area contributed by atoms with Crippen molar-refractivity contribution in [2.75, 3.05) is 46.5 Å². The van der Waals surface area contributed by atoms with Gasteiger partial charge < -0.3 is 15.5 Å². The molecule has 23 heavy (non-hydrogen) atoms. The van der Waals surface area contributed by atoms with Gasteiger partial charge in [-0.15, -0.1) is 24.0 Å². The van der Waals surface area contributed by atoms with Crippen LogP contribution in [0.15, 0.2) is 4.99 Å². The molecule has 0 aliphatic carbocycles. The number of sulfonamides is 1. The summed E-state index contributed by atoms with van der Waals surface area (Å²) in [5.41, 5.74) is 0. The number of carbonyl (C=O) groups is 1. The predicted octanol–water partition coefficient (Wildman–Crippen LogP) is -0.423. The van der Waals surface area contributed by atoms with E-state index in [0.29, 0.717) is 25.4 Å². The molecule has 0 radical (unpaired) electrons. The third kappa shape index (κ3) is 9.30. The highest BCUT2D eigenvalue weighted by Crippen LogP contribution is 2.20. The minimum atomic E-state index is -3.16. The fourth-order valence-electron chi connectivity index (χ4n) is 2.46. The Kier molecular flexibility index (Phi) is 10.7. The second kappa shape index (κ2) is 11.0. The number of hydrogen-bond donors (Lipinski definition) is 3. The van der Waals surface area contributed by atoms with E-state index >= 15 is 0 Å². The van der Waals surface area contributed by atoms with E-state index in [4.69, 9.17) is 0 Å². The summed E-state index contributed by atoms with van der Waals surface area (Å²) in [6.07, 6.45) is 3.62. The molecule has 1 aliphatic rings. The Morgan fingerprint density at radius 2 is 1.87 bits per heavy atom. The van der Waals surface area contributed by atoms with Crippen LogP contribution in [0.2, 0.25) is 0 Å². The zero-order chi connectivity index (χ0) is 16.6. The lowest BCUT2D eigenvalue weighted by Crippen LogP contribution is -2.47. The van der Waals surface area contributed by atoms with Crippen LogP contribution in [0.3, 0.4) is 0 Å². The van der Waals surface area contributed by atoms with Crippen LogP contribution in [0.4, 0.5) is 0 Å². The van der Waals surface area contributed by atoms with Gasteiger partial charge in [0.15, 0.2) is 5.96 Å². The largest absolute Gasteiger partial charge is 0.359 e. The third-order valence-corrected chi connectivity index (χ3v) is 4.38. The van der Waals surface area contributed by atoms with Gasteiger partial charge in [-0.3, -0.25) is 9.79 Å². The number of guanidine groups is 1.